The first-order chi connectivity index (χ1) is 15.9. The van der Waals surface area contributed by atoms with Gasteiger partial charge in [0.2, 0.25) is 0 Å². The third-order valence-corrected chi connectivity index (χ3v) is 8.96. The second-order valence-corrected chi connectivity index (χ2v) is 13.0. The van der Waals surface area contributed by atoms with Gasteiger partial charge in [-0.05, 0) is 68.6 Å². The van der Waals surface area contributed by atoms with E-state index < -0.39 is 21.8 Å². The van der Waals surface area contributed by atoms with E-state index in [4.69, 9.17) is 11.6 Å². The molecule has 188 valence electrons. The molecule has 1 atom stereocenters. The number of halogens is 1. The van der Waals surface area contributed by atoms with Crippen LogP contribution in [0.3, 0.4) is 0 Å². The Morgan fingerprint density at radius 2 is 1.94 bits per heavy atom. The molecule has 10 heteroatoms. The summed E-state index contributed by atoms with van der Waals surface area (Å²) in [5.74, 6) is 0.0786. The number of nitrogens with zero attached hydrogens (tertiary/aromatic N) is 1. The van der Waals surface area contributed by atoms with Crippen molar-refractivity contribution in [1.29, 1.82) is 0 Å². The smallest absolute Gasteiger partial charge is 0.320 e. The fourth-order valence-electron chi connectivity index (χ4n) is 4.43. The summed E-state index contributed by atoms with van der Waals surface area (Å²) in [7, 11) is -3.42. The molecule has 3 N–H and O–H groups in total. The highest BCUT2D eigenvalue weighted by molar-refractivity contribution is 7.90. The number of sulfone groups is 1. The number of hydrogen-bond acceptors (Lipinski definition) is 7. The number of rotatable bonds is 10. The van der Waals surface area contributed by atoms with Gasteiger partial charge in [0.1, 0.15) is 6.04 Å². The lowest BCUT2D eigenvalue weighted by Crippen LogP contribution is -2.45. The van der Waals surface area contributed by atoms with Crippen LogP contribution < -0.4 is 10.6 Å². The maximum absolute atomic E-state index is 12.0. The average Bonchev–Trinajstić information content (AvgIpc) is 3.12. The first-order valence-electron chi connectivity index (χ1n) is 11.6. The summed E-state index contributed by atoms with van der Waals surface area (Å²) in [4.78, 5) is 17.2. The van der Waals surface area contributed by atoms with Gasteiger partial charge >= 0.3 is 5.97 Å². The molecule has 1 aliphatic rings. The number of benzene rings is 1. The van der Waals surface area contributed by atoms with Crippen LogP contribution in [0.25, 0.3) is 10.4 Å². The Morgan fingerprint density at radius 1 is 1.26 bits per heavy atom. The van der Waals surface area contributed by atoms with Gasteiger partial charge in [-0.1, -0.05) is 42.9 Å². The number of hydrogen-bond donors (Lipinski definition) is 3. The Morgan fingerprint density at radius 3 is 2.53 bits per heavy atom. The second kappa shape index (κ2) is 11.4. The van der Waals surface area contributed by atoms with E-state index in [0.29, 0.717) is 18.3 Å². The van der Waals surface area contributed by atoms with Gasteiger partial charge in [0.15, 0.2) is 15.0 Å². The summed E-state index contributed by atoms with van der Waals surface area (Å²) < 4.78 is 24.0. The van der Waals surface area contributed by atoms with Crippen LogP contribution in [0.15, 0.2) is 23.1 Å². The van der Waals surface area contributed by atoms with E-state index in [1.54, 1.807) is 12.1 Å². The van der Waals surface area contributed by atoms with E-state index in [0.717, 1.165) is 59.7 Å². The van der Waals surface area contributed by atoms with Gasteiger partial charge in [0.05, 0.1) is 20.5 Å². The lowest BCUT2D eigenvalue weighted by molar-refractivity contribution is -0.140. The first-order valence-corrected chi connectivity index (χ1v) is 14.7. The number of aliphatic carboxylic acids is 1. The zero-order chi connectivity index (χ0) is 25.0. The number of anilines is 1. The molecule has 1 fully saturated rings. The third-order valence-electron chi connectivity index (χ3n) is 6.22. The molecule has 2 aromatic rings. The van der Waals surface area contributed by atoms with Crippen molar-refractivity contribution in [2.24, 2.45) is 11.8 Å². The number of nitrogens with one attached hydrogen (secondary N) is 2. The molecule has 1 aromatic heterocycles. The number of aryl methyl sites for hydroxylation is 1. The number of aromatic nitrogens is 1. The summed E-state index contributed by atoms with van der Waals surface area (Å²) >= 11 is 7.59. The van der Waals surface area contributed by atoms with Gasteiger partial charge < -0.3 is 15.7 Å². The molecule has 1 saturated carbocycles. The second-order valence-electron chi connectivity index (χ2n) is 9.64. The number of carboxylic acid groups (broad SMARTS) is 1. The molecule has 1 unspecified atom stereocenters. The van der Waals surface area contributed by atoms with Gasteiger partial charge in [-0.25, -0.2) is 13.4 Å². The average molecular weight is 528 g/mol. The molecule has 0 saturated heterocycles. The molecule has 0 radical (unpaired) electrons. The fourth-order valence-corrected chi connectivity index (χ4v) is 6.70. The molecule has 3 rings (SSSR count). The molecule has 1 aliphatic carbocycles. The summed E-state index contributed by atoms with van der Waals surface area (Å²) in [6.45, 7) is 6.81. The van der Waals surface area contributed by atoms with Crippen LogP contribution in [0.1, 0.15) is 51.6 Å². The molecule has 1 heterocycles. The van der Waals surface area contributed by atoms with Crippen molar-refractivity contribution in [3.8, 4) is 10.4 Å². The monoisotopic (exact) mass is 527 g/mol. The minimum Gasteiger partial charge on any atom is -0.480 e. The zero-order valence-electron chi connectivity index (χ0n) is 20.1. The molecular formula is C24H34ClN3O4S2. The van der Waals surface area contributed by atoms with Crippen LogP contribution in [0.2, 0.25) is 5.02 Å². The zero-order valence-corrected chi connectivity index (χ0v) is 22.5. The van der Waals surface area contributed by atoms with Crippen LogP contribution in [0.5, 0.6) is 0 Å². The van der Waals surface area contributed by atoms with Crippen molar-refractivity contribution < 1.29 is 18.3 Å². The predicted molar refractivity (Wildman–Crippen MR) is 139 cm³/mol. The van der Waals surface area contributed by atoms with Gasteiger partial charge in [-0.15, -0.1) is 0 Å². The predicted octanol–water partition coefficient (Wildman–Crippen LogP) is 5.24. The van der Waals surface area contributed by atoms with Crippen molar-refractivity contribution in [2.45, 2.75) is 69.9 Å². The SMILES string of the molecule is Cc1nc(NCC2CCC(NC(CC(C)C)C(=O)O)CC2)sc1-c1ccc(Cl)c(S(C)(=O)=O)c1. The van der Waals surface area contributed by atoms with Gasteiger partial charge in [-0.3, -0.25) is 4.79 Å². The third kappa shape index (κ3) is 7.16. The highest BCUT2D eigenvalue weighted by atomic mass is 35.5. The molecule has 0 amide bonds. The van der Waals surface area contributed by atoms with Crippen molar-refractivity contribution in [1.82, 2.24) is 10.3 Å². The van der Waals surface area contributed by atoms with E-state index in [9.17, 15) is 18.3 Å². The van der Waals surface area contributed by atoms with E-state index in [1.165, 1.54) is 11.3 Å². The maximum atomic E-state index is 12.0. The Hall–Kier alpha value is -1.68. The van der Waals surface area contributed by atoms with Crippen LogP contribution in [-0.2, 0) is 14.6 Å². The maximum Gasteiger partial charge on any atom is 0.320 e. The van der Waals surface area contributed by atoms with Crippen LogP contribution >= 0.6 is 22.9 Å². The van der Waals surface area contributed by atoms with Crippen molar-refractivity contribution in [3.05, 3.63) is 28.9 Å². The van der Waals surface area contributed by atoms with E-state index in [1.807, 2.05) is 26.8 Å². The summed E-state index contributed by atoms with van der Waals surface area (Å²) in [5.41, 5.74) is 1.63. The molecule has 34 heavy (non-hydrogen) atoms. The largest absolute Gasteiger partial charge is 0.480 e. The number of carbonyl (C=O) groups is 1. The molecule has 0 bridgehead atoms. The quantitative estimate of drug-likeness (QED) is 0.388. The Bertz CT molecular complexity index is 1110. The summed E-state index contributed by atoms with van der Waals surface area (Å²) in [5, 5.41) is 17.3. The summed E-state index contributed by atoms with van der Waals surface area (Å²) in [6.07, 6.45) is 5.79. The van der Waals surface area contributed by atoms with Gasteiger partial charge in [0.25, 0.3) is 0 Å². The van der Waals surface area contributed by atoms with Gasteiger partial charge in [-0.2, -0.15) is 0 Å². The highest BCUT2D eigenvalue weighted by Gasteiger charge is 2.27. The molecular weight excluding hydrogens is 494 g/mol. The topological polar surface area (TPSA) is 108 Å². The highest BCUT2D eigenvalue weighted by Crippen LogP contribution is 2.36. The van der Waals surface area contributed by atoms with Crippen molar-refractivity contribution in [2.75, 3.05) is 18.1 Å². The Kier molecular flexibility index (Phi) is 9.00. The lowest BCUT2D eigenvalue weighted by Gasteiger charge is -2.31. The van der Waals surface area contributed by atoms with Gasteiger partial charge in [0, 0.05) is 18.8 Å². The normalized spacial score (nSPS) is 19.8. The Labute approximate surface area is 211 Å². The fraction of sp³-hybridized carbons (Fsp3) is 0.583. The van der Waals surface area contributed by atoms with Crippen LogP contribution in [0.4, 0.5) is 5.13 Å². The number of thiazole rings is 1. The van der Waals surface area contributed by atoms with E-state index in [-0.39, 0.29) is 16.0 Å². The molecule has 0 aliphatic heterocycles. The van der Waals surface area contributed by atoms with Crippen LogP contribution in [0, 0.1) is 18.8 Å². The minimum atomic E-state index is -3.42. The van der Waals surface area contributed by atoms with Crippen LogP contribution in [-0.4, -0.2) is 49.4 Å². The molecule has 7 nitrogen and oxygen atoms in total. The Balaban J connectivity index is 1.56. The first kappa shape index (κ1) is 26.9. The van der Waals surface area contributed by atoms with Crippen molar-refractivity contribution in [3.63, 3.8) is 0 Å². The lowest BCUT2D eigenvalue weighted by atomic mass is 9.85. The van der Waals surface area contributed by atoms with Crippen molar-refractivity contribution >= 4 is 43.9 Å². The summed E-state index contributed by atoms with van der Waals surface area (Å²) in [6, 6.07) is 4.81. The van der Waals surface area contributed by atoms with E-state index >= 15 is 0 Å². The molecule has 1 aromatic carbocycles. The standard InChI is InChI=1S/C24H34ClN3O4S2/c1-14(2)11-20(23(29)30)28-18-8-5-16(6-9-18)13-26-24-27-15(3)22(33-24)17-7-10-19(25)21(12-17)34(4,31)32/h7,10,12,14,16,18,20,28H,5-6,8-9,11,13H2,1-4H3,(H,26,27)(H,29,30). The van der Waals surface area contributed by atoms with E-state index in [2.05, 4.69) is 15.6 Å². The number of carboxylic acids is 1. The molecule has 0 spiro atoms. The minimum absolute atomic E-state index is 0.123.